The molecule has 13 heavy (non-hydrogen) atoms. The van der Waals surface area contributed by atoms with Gasteiger partial charge in [0.2, 0.25) is 0 Å². The fraction of sp³-hybridized carbons (Fsp3) is 0.333. The Morgan fingerprint density at radius 2 is 1.62 bits per heavy atom. The van der Waals surface area contributed by atoms with E-state index < -0.39 is 11.7 Å². The Kier molecular flexibility index (Phi) is 3.20. The molecule has 0 N–H and O–H groups in total. The Balaban J connectivity index is 2.81. The minimum Gasteiger partial charge on any atom is -0.166 e. The molecule has 1 aromatic rings. The van der Waals surface area contributed by atoms with Gasteiger partial charge in [-0.25, -0.2) is 0 Å². The Bertz CT molecular complexity index is 263. The summed E-state index contributed by atoms with van der Waals surface area (Å²) in [7, 11) is 0. The largest absolute Gasteiger partial charge is 0.416 e. The van der Waals surface area contributed by atoms with E-state index in [2.05, 4.69) is 0 Å². The lowest BCUT2D eigenvalue weighted by molar-refractivity contribution is -0.137. The van der Waals surface area contributed by atoms with E-state index in [1.54, 1.807) is 0 Å². The topological polar surface area (TPSA) is 0 Å². The number of rotatable bonds is 2. The van der Waals surface area contributed by atoms with Crippen LogP contribution in [0.2, 0.25) is 0 Å². The van der Waals surface area contributed by atoms with Crippen molar-refractivity contribution in [3.8, 4) is 0 Å². The smallest absolute Gasteiger partial charge is 0.166 e. The third-order valence-corrected chi connectivity index (χ3v) is 1.85. The molecule has 0 saturated carbocycles. The van der Waals surface area contributed by atoms with Crippen LogP contribution in [0.3, 0.4) is 0 Å². The van der Waals surface area contributed by atoms with Crippen LogP contribution in [0.5, 0.6) is 0 Å². The van der Waals surface area contributed by atoms with Crippen molar-refractivity contribution in [2.75, 3.05) is 5.88 Å². The van der Waals surface area contributed by atoms with Crippen LogP contribution in [0.4, 0.5) is 13.2 Å². The normalized spacial score (nSPS) is 11.7. The average molecular weight is 209 g/mol. The highest BCUT2D eigenvalue weighted by Gasteiger charge is 2.29. The zero-order valence-corrected chi connectivity index (χ0v) is 7.49. The van der Waals surface area contributed by atoms with Gasteiger partial charge in [0.25, 0.3) is 0 Å². The molecule has 72 valence electrons. The molecule has 0 amide bonds. The molecule has 0 radical (unpaired) electrons. The van der Waals surface area contributed by atoms with Crippen LogP contribution in [-0.4, -0.2) is 5.88 Å². The fourth-order valence-corrected chi connectivity index (χ4v) is 1.19. The summed E-state index contributed by atoms with van der Waals surface area (Å²) >= 11 is 5.44. The van der Waals surface area contributed by atoms with Gasteiger partial charge < -0.3 is 0 Å². The van der Waals surface area contributed by atoms with Crippen molar-refractivity contribution < 1.29 is 13.2 Å². The SMILES string of the molecule is FC(F)(F)c1ccc(CCCl)cc1. The van der Waals surface area contributed by atoms with E-state index in [9.17, 15) is 13.2 Å². The molecule has 0 saturated heterocycles. The van der Waals surface area contributed by atoms with Crippen LogP contribution in [0.1, 0.15) is 11.1 Å². The van der Waals surface area contributed by atoms with Crippen molar-refractivity contribution in [2.24, 2.45) is 0 Å². The molecule has 0 aromatic heterocycles. The summed E-state index contributed by atoms with van der Waals surface area (Å²) in [5.41, 5.74) is 0.203. The van der Waals surface area contributed by atoms with Crippen LogP contribution in [-0.2, 0) is 12.6 Å². The van der Waals surface area contributed by atoms with E-state index in [1.165, 1.54) is 12.1 Å². The van der Waals surface area contributed by atoms with Crippen LogP contribution < -0.4 is 0 Å². The lowest BCUT2D eigenvalue weighted by Gasteiger charge is -2.06. The number of benzene rings is 1. The highest BCUT2D eigenvalue weighted by Crippen LogP contribution is 2.29. The van der Waals surface area contributed by atoms with E-state index >= 15 is 0 Å². The Morgan fingerprint density at radius 3 is 2.00 bits per heavy atom. The second kappa shape index (κ2) is 4.01. The third-order valence-electron chi connectivity index (χ3n) is 1.66. The molecule has 0 heterocycles. The molecular formula is C9H8ClF3. The zero-order valence-electron chi connectivity index (χ0n) is 6.74. The fourth-order valence-electron chi connectivity index (χ4n) is 0.970. The van der Waals surface area contributed by atoms with Gasteiger partial charge >= 0.3 is 6.18 Å². The maximum atomic E-state index is 12.1. The molecule has 0 bridgehead atoms. The number of hydrogen-bond acceptors (Lipinski definition) is 0. The van der Waals surface area contributed by atoms with Crippen LogP contribution in [0, 0.1) is 0 Å². The second-order valence-electron chi connectivity index (χ2n) is 2.63. The van der Waals surface area contributed by atoms with Crippen LogP contribution >= 0.6 is 11.6 Å². The predicted molar refractivity (Wildman–Crippen MR) is 45.9 cm³/mol. The lowest BCUT2D eigenvalue weighted by Crippen LogP contribution is -2.04. The van der Waals surface area contributed by atoms with Gasteiger partial charge in [0.15, 0.2) is 0 Å². The number of hydrogen-bond donors (Lipinski definition) is 0. The molecule has 4 heteroatoms. The first-order valence-electron chi connectivity index (χ1n) is 3.76. The average Bonchev–Trinajstić information content (AvgIpc) is 2.04. The van der Waals surface area contributed by atoms with Crippen LogP contribution in [0.15, 0.2) is 24.3 Å². The summed E-state index contributed by atoms with van der Waals surface area (Å²) in [5.74, 6) is 0.422. The Hall–Kier alpha value is -0.700. The molecule has 0 atom stereocenters. The summed E-state index contributed by atoms with van der Waals surface area (Å²) in [6.45, 7) is 0. The van der Waals surface area contributed by atoms with Gasteiger partial charge in [0.1, 0.15) is 0 Å². The number of alkyl halides is 4. The summed E-state index contributed by atoms with van der Waals surface area (Å²) in [5, 5.41) is 0. The molecule has 1 aromatic carbocycles. The third kappa shape index (κ3) is 2.92. The van der Waals surface area contributed by atoms with Crippen LogP contribution in [0.25, 0.3) is 0 Å². The minimum absolute atomic E-state index is 0.422. The number of aryl methyl sites for hydroxylation is 1. The highest BCUT2D eigenvalue weighted by molar-refractivity contribution is 6.17. The van der Waals surface area contributed by atoms with Gasteiger partial charge in [-0.05, 0) is 24.1 Å². The summed E-state index contributed by atoms with van der Waals surface area (Å²) in [4.78, 5) is 0. The highest BCUT2D eigenvalue weighted by atomic mass is 35.5. The van der Waals surface area contributed by atoms with Crippen molar-refractivity contribution >= 4 is 11.6 Å². The maximum absolute atomic E-state index is 12.1. The molecule has 0 aliphatic carbocycles. The second-order valence-corrected chi connectivity index (χ2v) is 3.01. The first-order valence-corrected chi connectivity index (χ1v) is 4.29. The van der Waals surface area contributed by atoms with Crippen molar-refractivity contribution in [2.45, 2.75) is 12.6 Å². The lowest BCUT2D eigenvalue weighted by atomic mass is 10.1. The van der Waals surface area contributed by atoms with Gasteiger partial charge in [-0.1, -0.05) is 12.1 Å². The van der Waals surface area contributed by atoms with Crippen molar-refractivity contribution in [3.05, 3.63) is 35.4 Å². The van der Waals surface area contributed by atoms with Crippen molar-refractivity contribution in [1.29, 1.82) is 0 Å². The predicted octanol–water partition coefficient (Wildman–Crippen LogP) is 3.49. The Morgan fingerprint density at radius 1 is 1.08 bits per heavy atom. The maximum Gasteiger partial charge on any atom is 0.416 e. The van der Waals surface area contributed by atoms with E-state index in [-0.39, 0.29) is 0 Å². The first kappa shape index (κ1) is 10.4. The number of halogens is 4. The molecule has 0 unspecified atom stereocenters. The summed E-state index contributed by atoms with van der Waals surface area (Å²) in [6.07, 6.45) is -3.65. The standard InChI is InChI=1S/C9H8ClF3/c10-6-5-7-1-3-8(4-2-7)9(11,12)13/h1-4H,5-6H2. The van der Waals surface area contributed by atoms with Crippen molar-refractivity contribution in [1.82, 2.24) is 0 Å². The molecule has 1 rings (SSSR count). The van der Waals surface area contributed by atoms with E-state index in [0.29, 0.717) is 12.3 Å². The molecule has 0 nitrogen and oxygen atoms in total. The van der Waals surface area contributed by atoms with E-state index in [0.717, 1.165) is 17.7 Å². The van der Waals surface area contributed by atoms with E-state index in [1.807, 2.05) is 0 Å². The van der Waals surface area contributed by atoms with Gasteiger partial charge in [0.05, 0.1) is 5.56 Å². The summed E-state index contributed by atoms with van der Waals surface area (Å²) < 4.78 is 36.2. The van der Waals surface area contributed by atoms with Gasteiger partial charge in [-0.3, -0.25) is 0 Å². The quantitative estimate of drug-likeness (QED) is 0.653. The van der Waals surface area contributed by atoms with Gasteiger partial charge in [0, 0.05) is 5.88 Å². The molecular weight excluding hydrogens is 201 g/mol. The minimum atomic E-state index is -4.25. The molecule has 0 spiro atoms. The Labute approximate surface area is 79.3 Å². The van der Waals surface area contributed by atoms with Crippen molar-refractivity contribution in [3.63, 3.8) is 0 Å². The first-order chi connectivity index (χ1) is 6.04. The molecule has 0 fully saturated rings. The monoisotopic (exact) mass is 208 g/mol. The van der Waals surface area contributed by atoms with Gasteiger partial charge in [-0.2, -0.15) is 13.2 Å². The van der Waals surface area contributed by atoms with Gasteiger partial charge in [-0.15, -0.1) is 11.6 Å². The van der Waals surface area contributed by atoms with E-state index in [4.69, 9.17) is 11.6 Å². The molecule has 0 aliphatic rings. The summed E-state index contributed by atoms with van der Waals surface area (Å²) in [6, 6.07) is 5.04. The zero-order chi connectivity index (χ0) is 9.90. The molecule has 0 aliphatic heterocycles.